The third kappa shape index (κ3) is 1.13. The number of fused-ring (bicyclic) bond motifs is 1. The topological polar surface area (TPSA) is 20.3 Å². The Morgan fingerprint density at radius 2 is 2.33 bits per heavy atom. The van der Waals surface area contributed by atoms with E-state index in [4.69, 9.17) is 0 Å². The maximum absolute atomic E-state index is 11.7. The molecule has 0 bridgehead atoms. The third-order valence-corrected chi connectivity index (χ3v) is 3.24. The van der Waals surface area contributed by atoms with Crippen LogP contribution in [-0.4, -0.2) is 23.9 Å². The van der Waals surface area contributed by atoms with Crippen LogP contribution in [0.5, 0.6) is 0 Å². The SMILES string of the molecule is CCCN1CC2CCCC2C1=O. The number of hydrogen-bond acceptors (Lipinski definition) is 1. The Hall–Kier alpha value is -0.530. The standard InChI is InChI=1S/C10H17NO/c1-2-6-11-7-8-4-3-5-9(8)10(11)12/h8-9H,2-7H2,1H3. The van der Waals surface area contributed by atoms with Gasteiger partial charge in [-0.2, -0.15) is 0 Å². The molecule has 12 heavy (non-hydrogen) atoms. The van der Waals surface area contributed by atoms with Crippen LogP contribution in [0.15, 0.2) is 0 Å². The number of carbonyl (C=O) groups is 1. The van der Waals surface area contributed by atoms with E-state index in [1.54, 1.807) is 0 Å². The molecule has 1 aliphatic carbocycles. The summed E-state index contributed by atoms with van der Waals surface area (Å²) in [5, 5.41) is 0. The first-order chi connectivity index (χ1) is 5.83. The Balaban J connectivity index is 2.01. The van der Waals surface area contributed by atoms with Gasteiger partial charge in [-0.3, -0.25) is 4.79 Å². The molecular formula is C10H17NO. The summed E-state index contributed by atoms with van der Waals surface area (Å²) in [5.41, 5.74) is 0. The molecule has 0 aromatic rings. The monoisotopic (exact) mass is 167 g/mol. The highest BCUT2D eigenvalue weighted by Crippen LogP contribution is 2.38. The normalized spacial score (nSPS) is 34.4. The molecule has 0 aromatic heterocycles. The van der Waals surface area contributed by atoms with Crippen molar-refractivity contribution < 1.29 is 4.79 Å². The highest BCUT2D eigenvalue weighted by atomic mass is 16.2. The molecule has 68 valence electrons. The highest BCUT2D eigenvalue weighted by molar-refractivity contribution is 5.81. The molecule has 0 spiro atoms. The van der Waals surface area contributed by atoms with E-state index < -0.39 is 0 Å². The zero-order valence-electron chi connectivity index (χ0n) is 7.75. The second-order valence-corrected chi connectivity index (χ2v) is 4.08. The summed E-state index contributed by atoms with van der Waals surface area (Å²) >= 11 is 0. The summed E-state index contributed by atoms with van der Waals surface area (Å²) in [6.45, 7) is 4.17. The Bertz CT molecular complexity index is 190. The van der Waals surface area contributed by atoms with E-state index in [0.29, 0.717) is 17.7 Å². The molecule has 1 amide bonds. The number of amides is 1. The second-order valence-electron chi connectivity index (χ2n) is 4.08. The van der Waals surface area contributed by atoms with Crippen LogP contribution in [0.3, 0.4) is 0 Å². The molecule has 0 aromatic carbocycles. The minimum Gasteiger partial charge on any atom is -0.342 e. The molecule has 0 N–H and O–H groups in total. The van der Waals surface area contributed by atoms with Crippen molar-refractivity contribution in [1.29, 1.82) is 0 Å². The Kier molecular flexibility index (Phi) is 2.07. The molecule has 1 saturated heterocycles. The second kappa shape index (κ2) is 3.08. The van der Waals surface area contributed by atoms with Gasteiger partial charge >= 0.3 is 0 Å². The van der Waals surface area contributed by atoms with E-state index in [2.05, 4.69) is 11.8 Å². The van der Waals surface area contributed by atoms with Crippen LogP contribution < -0.4 is 0 Å². The summed E-state index contributed by atoms with van der Waals surface area (Å²) in [6, 6.07) is 0. The number of hydrogen-bond donors (Lipinski definition) is 0. The predicted octanol–water partition coefficient (Wildman–Crippen LogP) is 1.65. The van der Waals surface area contributed by atoms with Crippen molar-refractivity contribution in [1.82, 2.24) is 4.90 Å². The van der Waals surface area contributed by atoms with Gasteiger partial charge in [-0.25, -0.2) is 0 Å². The van der Waals surface area contributed by atoms with Gasteiger partial charge in [-0.15, -0.1) is 0 Å². The molecule has 2 rings (SSSR count). The fourth-order valence-corrected chi connectivity index (χ4v) is 2.66. The lowest BCUT2D eigenvalue weighted by atomic mass is 10.0. The smallest absolute Gasteiger partial charge is 0.226 e. The van der Waals surface area contributed by atoms with Gasteiger partial charge in [-0.1, -0.05) is 13.3 Å². The van der Waals surface area contributed by atoms with E-state index in [1.165, 1.54) is 12.8 Å². The van der Waals surface area contributed by atoms with E-state index >= 15 is 0 Å². The molecule has 2 atom stereocenters. The van der Waals surface area contributed by atoms with Gasteiger partial charge in [0.1, 0.15) is 0 Å². The molecule has 2 fully saturated rings. The predicted molar refractivity (Wildman–Crippen MR) is 47.7 cm³/mol. The summed E-state index contributed by atoms with van der Waals surface area (Å²) in [4.78, 5) is 13.8. The van der Waals surface area contributed by atoms with Crippen LogP contribution in [0, 0.1) is 11.8 Å². The van der Waals surface area contributed by atoms with Crippen molar-refractivity contribution in [3.63, 3.8) is 0 Å². The van der Waals surface area contributed by atoms with E-state index in [0.717, 1.165) is 25.9 Å². The van der Waals surface area contributed by atoms with Gasteiger partial charge in [0, 0.05) is 19.0 Å². The summed E-state index contributed by atoms with van der Waals surface area (Å²) in [7, 11) is 0. The van der Waals surface area contributed by atoms with Crippen molar-refractivity contribution >= 4 is 5.91 Å². The van der Waals surface area contributed by atoms with Crippen molar-refractivity contribution in [3.8, 4) is 0 Å². The van der Waals surface area contributed by atoms with E-state index in [1.807, 2.05) is 0 Å². The minimum atomic E-state index is 0.413. The maximum atomic E-state index is 11.7. The summed E-state index contributed by atoms with van der Waals surface area (Å²) in [5.74, 6) is 1.57. The average Bonchev–Trinajstić information content (AvgIpc) is 2.58. The van der Waals surface area contributed by atoms with Crippen LogP contribution in [0.4, 0.5) is 0 Å². The molecular weight excluding hydrogens is 150 g/mol. The first-order valence-electron chi connectivity index (χ1n) is 5.11. The van der Waals surface area contributed by atoms with Gasteiger partial charge in [0.2, 0.25) is 5.91 Å². The summed E-state index contributed by atoms with van der Waals surface area (Å²) < 4.78 is 0. The molecule has 1 aliphatic heterocycles. The van der Waals surface area contributed by atoms with Crippen molar-refractivity contribution in [3.05, 3.63) is 0 Å². The van der Waals surface area contributed by atoms with Gasteiger partial charge in [-0.05, 0) is 25.2 Å². The van der Waals surface area contributed by atoms with Gasteiger partial charge in [0.05, 0.1) is 0 Å². The van der Waals surface area contributed by atoms with Crippen LogP contribution in [0.1, 0.15) is 32.6 Å². The largest absolute Gasteiger partial charge is 0.342 e. The van der Waals surface area contributed by atoms with Gasteiger partial charge in [0.25, 0.3) is 0 Å². The fourth-order valence-electron chi connectivity index (χ4n) is 2.66. The molecule has 2 unspecified atom stereocenters. The van der Waals surface area contributed by atoms with Gasteiger partial charge in [0.15, 0.2) is 0 Å². The van der Waals surface area contributed by atoms with E-state index in [9.17, 15) is 4.79 Å². The molecule has 1 saturated carbocycles. The van der Waals surface area contributed by atoms with E-state index in [-0.39, 0.29) is 0 Å². The van der Waals surface area contributed by atoms with Gasteiger partial charge < -0.3 is 4.90 Å². The quantitative estimate of drug-likeness (QED) is 0.612. The fraction of sp³-hybridized carbons (Fsp3) is 0.900. The highest BCUT2D eigenvalue weighted by Gasteiger charge is 2.42. The van der Waals surface area contributed by atoms with Crippen LogP contribution >= 0.6 is 0 Å². The van der Waals surface area contributed by atoms with Crippen LogP contribution in [-0.2, 0) is 4.79 Å². The zero-order chi connectivity index (χ0) is 8.55. The first-order valence-corrected chi connectivity index (χ1v) is 5.11. The number of carbonyl (C=O) groups excluding carboxylic acids is 1. The molecule has 1 heterocycles. The van der Waals surface area contributed by atoms with Crippen molar-refractivity contribution in [2.75, 3.05) is 13.1 Å². The first kappa shape index (κ1) is 8.09. The average molecular weight is 167 g/mol. The third-order valence-electron chi connectivity index (χ3n) is 3.24. The molecule has 2 heteroatoms. The van der Waals surface area contributed by atoms with Crippen molar-refractivity contribution in [2.24, 2.45) is 11.8 Å². The number of likely N-dealkylation sites (tertiary alicyclic amines) is 1. The summed E-state index contributed by atoms with van der Waals surface area (Å²) in [6.07, 6.45) is 4.83. The minimum absolute atomic E-state index is 0.413. The Morgan fingerprint density at radius 3 is 3.00 bits per heavy atom. The maximum Gasteiger partial charge on any atom is 0.226 e. The zero-order valence-corrected chi connectivity index (χ0v) is 7.75. The molecule has 2 aliphatic rings. The Labute approximate surface area is 73.9 Å². The number of rotatable bonds is 2. The number of nitrogens with zero attached hydrogens (tertiary/aromatic N) is 1. The van der Waals surface area contributed by atoms with Crippen LogP contribution in [0.2, 0.25) is 0 Å². The lowest BCUT2D eigenvalue weighted by Gasteiger charge is -2.15. The van der Waals surface area contributed by atoms with Crippen LogP contribution in [0.25, 0.3) is 0 Å². The Morgan fingerprint density at radius 1 is 1.50 bits per heavy atom. The van der Waals surface area contributed by atoms with Crippen molar-refractivity contribution in [2.45, 2.75) is 32.6 Å². The molecule has 0 radical (unpaired) electrons. The lowest BCUT2D eigenvalue weighted by molar-refractivity contribution is -0.131. The molecule has 2 nitrogen and oxygen atoms in total. The lowest BCUT2D eigenvalue weighted by Crippen LogP contribution is -2.28.